The first-order valence-corrected chi connectivity index (χ1v) is 8.40. The van der Waals surface area contributed by atoms with E-state index >= 15 is 0 Å². The Morgan fingerprint density at radius 3 is 2.67 bits per heavy atom. The molecule has 1 aliphatic heterocycles. The van der Waals surface area contributed by atoms with Gasteiger partial charge in [0.1, 0.15) is 18.2 Å². The molecule has 1 aromatic rings. The highest BCUT2D eigenvalue weighted by Gasteiger charge is 2.33. The fourth-order valence-electron chi connectivity index (χ4n) is 2.21. The van der Waals surface area contributed by atoms with Crippen LogP contribution in [0.4, 0.5) is 10.5 Å². The fourth-order valence-corrected chi connectivity index (χ4v) is 3.28. The number of aliphatic carboxylic acids is 1. The summed E-state index contributed by atoms with van der Waals surface area (Å²) in [5, 5.41) is 11.6. The van der Waals surface area contributed by atoms with Crippen molar-refractivity contribution in [2.75, 3.05) is 17.2 Å². The number of fused-ring (bicyclic) bond motifs is 1. The number of ether oxygens (including phenoxy) is 1. The van der Waals surface area contributed by atoms with Crippen molar-refractivity contribution in [2.45, 2.75) is 37.3 Å². The van der Waals surface area contributed by atoms with E-state index < -0.39 is 36.2 Å². The zero-order valence-corrected chi connectivity index (χ0v) is 14.6. The van der Waals surface area contributed by atoms with Crippen LogP contribution in [0.5, 0.6) is 0 Å². The van der Waals surface area contributed by atoms with E-state index in [9.17, 15) is 14.4 Å². The van der Waals surface area contributed by atoms with E-state index in [0.29, 0.717) is 11.4 Å². The van der Waals surface area contributed by atoms with E-state index in [1.165, 1.54) is 16.7 Å². The maximum absolute atomic E-state index is 12.7. The lowest BCUT2D eigenvalue weighted by Gasteiger charge is -2.25. The van der Waals surface area contributed by atoms with E-state index in [2.05, 4.69) is 5.32 Å². The standard InChI is InChI=1S/C16H20N2O5S/c1-16(2,3)23-15(22)17-10-9-24-12-7-5-4-6-11(12)18(14(10)21)8-13(19)20/h4-7,10H,8-9H2,1-3H3,(H,17,22)(H,19,20). The zero-order valence-electron chi connectivity index (χ0n) is 13.7. The van der Waals surface area contributed by atoms with Gasteiger partial charge in [0.15, 0.2) is 0 Å². The van der Waals surface area contributed by atoms with Gasteiger partial charge >= 0.3 is 12.1 Å². The summed E-state index contributed by atoms with van der Waals surface area (Å²) in [6, 6.07) is 6.20. The van der Waals surface area contributed by atoms with Crippen molar-refractivity contribution in [3.8, 4) is 0 Å². The van der Waals surface area contributed by atoms with Crippen LogP contribution in [0.2, 0.25) is 0 Å². The predicted octanol–water partition coefficient (Wildman–Crippen LogP) is 2.10. The van der Waals surface area contributed by atoms with E-state index in [1.54, 1.807) is 32.9 Å². The average molecular weight is 352 g/mol. The van der Waals surface area contributed by atoms with Gasteiger partial charge < -0.3 is 15.2 Å². The number of rotatable bonds is 3. The summed E-state index contributed by atoms with van der Waals surface area (Å²) in [6.45, 7) is 4.71. The molecule has 2 N–H and O–H groups in total. The highest BCUT2D eigenvalue weighted by atomic mass is 32.2. The van der Waals surface area contributed by atoms with Gasteiger partial charge in [-0.3, -0.25) is 14.5 Å². The number of thioether (sulfide) groups is 1. The molecule has 7 nitrogen and oxygen atoms in total. The molecule has 0 fully saturated rings. The summed E-state index contributed by atoms with van der Waals surface area (Å²) in [7, 11) is 0. The molecule has 1 heterocycles. The van der Waals surface area contributed by atoms with Crippen LogP contribution in [0, 0.1) is 0 Å². The zero-order chi connectivity index (χ0) is 17.9. The van der Waals surface area contributed by atoms with Crippen molar-refractivity contribution in [3.05, 3.63) is 24.3 Å². The lowest BCUT2D eigenvalue weighted by atomic mass is 10.2. The summed E-state index contributed by atoms with van der Waals surface area (Å²) in [4.78, 5) is 37.8. The first kappa shape index (κ1) is 18.1. The second kappa shape index (κ2) is 7.12. The normalized spacial score (nSPS) is 17.7. The minimum absolute atomic E-state index is 0.297. The number of nitrogens with zero attached hydrogens (tertiary/aromatic N) is 1. The van der Waals surface area contributed by atoms with Gasteiger partial charge in [-0.1, -0.05) is 12.1 Å². The molecule has 1 atom stereocenters. The number of benzene rings is 1. The van der Waals surface area contributed by atoms with E-state index in [0.717, 1.165) is 4.90 Å². The third kappa shape index (κ3) is 4.64. The van der Waals surface area contributed by atoms with Crippen molar-refractivity contribution in [3.63, 3.8) is 0 Å². The first-order valence-electron chi connectivity index (χ1n) is 7.42. The molecule has 24 heavy (non-hydrogen) atoms. The molecule has 2 amide bonds. The number of amides is 2. The second-order valence-corrected chi connectivity index (χ2v) is 7.36. The monoisotopic (exact) mass is 352 g/mol. The maximum atomic E-state index is 12.7. The van der Waals surface area contributed by atoms with E-state index in [1.807, 2.05) is 12.1 Å². The van der Waals surface area contributed by atoms with Crippen LogP contribution in [-0.2, 0) is 14.3 Å². The summed E-state index contributed by atoms with van der Waals surface area (Å²) in [6.07, 6.45) is -0.706. The van der Waals surface area contributed by atoms with Gasteiger partial charge in [-0.15, -0.1) is 11.8 Å². The van der Waals surface area contributed by atoms with Crippen molar-refractivity contribution in [1.29, 1.82) is 0 Å². The third-order valence-corrected chi connectivity index (χ3v) is 4.27. The first-order chi connectivity index (χ1) is 11.2. The van der Waals surface area contributed by atoms with E-state index in [4.69, 9.17) is 9.84 Å². The second-order valence-electron chi connectivity index (χ2n) is 6.30. The average Bonchev–Trinajstić information content (AvgIpc) is 2.57. The fraction of sp³-hybridized carbons (Fsp3) is 0.438. The Morgan fingerprint density at radius 2 is 2.04 bits per heavy atom. The van der Waals surface area contributed by atoms with Gasteiger partial charge in [0.05, 0.1) is 5.69 Å². The van der Waals surface area contributed by atoms with Crippen LogP contribution >= 0.6 is 11.8 Å². The van der Waals surface area contributed by atoms with Gasteiger partial charge in [-0.2, -0.15) is 0 Å². The number of hydrogen-bond donors (Lipinski definition) is 2. The number of carbonyl (C=O) groups excluding carboxylic acids is 2. The Labute approximate surface area is 144 Å². The van der Waals surface area contributed by atoms with Gasteiger partial charge in [-0.25, -0.2) is 4.79 Å². The number of hydrogen-bond acceptors (Lipinski definition) is 5. The molecule has 0 saturated carbocycles. The van der Waals surface area contributed by atoms with Gasteiger partial charge in [0.2, 0.25) is 0 Å². The summed E-state index contributed by atoms with van der Waals surface area (Å²) in [5.41, 5.74) is -0.155. The van der Waals surface area contributed by atoms with Crippen molar-refractivity contribution >= 4 is 35.4 Å². The number of alkyl carbamates (subject to hydrolysis) is 1. The molecule has 1 unspecified atom stereocenters. The molecule has 0 radical (unpaired) electrons. The third-order valence-electron chi connectivity index (χ3n) is 3.11. The topological polar surface area (TPSA) is 95.9 Å². The van der Waals surface area contributed by atoms with Crippen LogP contribution in [-0.4, -0.2) is 47.0 Å². The highest BCUT2D eigenvalue weighted by Crippen LogP contribution is 2.34. The lowest BCUT2D eigenvalue weighted by Crippen LogP contribution is -2.51. The number of nitrogens with one attached hydrogen (secondary N) is 1. The van der Waals surface area contributed by atoms with Gasteiger partial charge in [0, 0.05) is 10.6 Å². The Hall–Kier alpha value is -2.22. The predicted molar refractivity (Wildman–Crippen MR) is 90.3 cm³/mol. The molecule has 2 rings (SSSR count). The number of carboxylic acids is 1. The summed E-state index contributed by atoms with van der Waals surface area (Å²) >= 11 is 1.39. The minimum Gasteiger partial charge on any atom is -0.480 e. The van der Waals surface area contributed by atoms with Crippen molar-refractivity contribution in [2.24, 2.45) is 0 Å². The Kier molecular flexibility index (Phi) is 5.38. The summed E-state index contributed by atoms with van der Waals surface area (Å²) in [5.74, 6) is -1.30. The molecule has 0 aromatic heterocycles. The number of carboxylic acid groups (broad SMARTS) is 1. The minimum atomic E-state index is -1.12. The number of carbonyl (C=O) groups is 3. The van der Waals surface area contributed by atoms with E-state index in [-0.39, 0.29) is 0 Å². The number of para-hydroxylation sites is 1. The van der Waals surface area contributed by atoms with Crippen LogP contribution in [0.15, 0.2) is 29.2 Å². The van der Waals surface area contributed by atoms with Crippen LogP contribution in [0.25, 0.3) is 0 Å². The molecule has 0 aliphatic carbocycles. The molecule has 0 bridgehead atoms. The van der Waals surface area contributed by atoms with Crippen LogP contribution in [0.1, 0.15) is 20.8 Å². The van der Waals surface area contributed by atoms with Crippen molar-refractivity contribution in [1.82, 2.24) is 5.32 Å². The molecule has 0 spiro atoms. The Balaban J connectivity index is 2.23. The van der Waals surface area contributed by atoms with Gasteiger partial charge in [-0.05, 0) is 32.9 Å². The molecule has 1 aromatic carbocycles. The lowest BCUT2D eigenvalue weighted by molar-refractivity contribution is -0.136. The van der Waals surface area contributed by atoms with Crippen LogP contribution in [0.3, 0.4) is 0 Å². The largest absolute Gasteiger partial charge is 0.480 e. The van der Waals surface area contributed by atoms with Gasteiger partial charge in [0.25, 0.3) is 5.91 Å². The van der Waals surface area contributed by atoms with Crippen molar-refractivity contribution < 1.29 is 24.2 Å². The quantitative estimate of drug-likeness (QED) is 0.865. The smallest absolute Gasteiger partial charge is 0.408 e. The molecule has 8 heteroatoms. The highest BCUT2D eigenvalue weighted by molar-refractivity contribution is 7.99. The molecule has 1 aliphatic rings. The summed E-state index contributed by atoms with van der Waals surface area (Å²) < 4.78 is 5.18. The number of anilines is 1. The maximum Gasteiger partial charge on any atom is 0.408 e. The van der Waals surface area contributed by atoms with Crippen LogP contribution < -0.4 is 10.2 Å². The molecular formula is C16H20N2O5S. The Bertz CT molecular complexity index is 656. The molecule has 130 valence electrons. The SMILES string of the molecule is CC(C)(C)OC(=O)NC1CSc2ccccc2N(CC(=O)O)C1=O. The molecule has 0 saturated heterocycles. The Morgan fingerprint density at radius 1 is 1.38 bits per heavy atom. The molecular weight excluding hydrogens is 332 g/mol.